The Morgan fingerprint density at radius 2 is 1.91 bits per heavy atom. The molecule has 13 heteroatoms. The lowest BCUT2D eigenvalue weighted by molar-refractivity contribution is -0.150. The third-order valence-electron chi connectivity index (χ3n) is 5.60. The largest absolute Gasteiger partial charge is 0.481 e. The van der Waals surface area contributed by atoms with Crippen molar-refractivity contribution >= 4 is 46.2 Å². The maximum absolute atomic E-state index is 13.2. The SMILES string of the molecule is Cn1c(=O)[nH]c2cc(N3CC(C(=O)O)C(=O)N(Cc4cccc(C(F)(F)F)c4Cl)C3=O)ccc21. The number of nitrogens with zero attached hydrogens (tertiary/aromatic N) is 3. The Bertz CT molecular complexity index is 1400. The number of benzene rings is 2. The number of aryl methyl sites for hydroxylation is 1. The number of aromatic amines is 1. The number of aromatic nitrogens is 2. The summed E-state index contributed by atoms with van der Waals surface area (Å²) in [6.45, 7) is -1.16. The number of hydrogen-bond donors (Lipinski definition) is 2. The maximum Gasteiger partial charge on any atom is 0.417 e. The van der Waals surface area contributed by atoms with Gasteiger partial charge in [-0.15, -0.1) is 0 Å². The number of nitrogens with one attached hydrogen (secondary N) is 1. The van der Waals surface area contributed by atoms with E-state index < -0.39 is 59.4 Å². The molecule has 3 aromatic rings. The molecule has 34 heavy (non-hydrogen) atoms. The Kier molecular flexibility index (Phi) is 5.64. The predicted molar refractivity (Wildman–Crippen MR) is 114 cm³/mol. The van der Waals surface area contributed by atoms with Crippen LogP contribution in [0.25, 0.3) is 11.0 Å². The van der Waals surface area contributed by atoms with Gasteiger partial charge in [-0.25, -0.2) is 9.59 Å². The number of imide groups is 1. The van der Waals surface area contributed by atoms with Crippen LogP contribution in [-0.2, 0) is 29.4 Å². The number of urea groups is 1. The normalized spacial score (nSPS) is 17.0. The van der Waals surface area contributed by atoms with Crippen LogP contribution in [0.4, 0.5) is 23.7 Å². The number of H-pyrrole nitrogens is 1. The number of imidazole rings is 1. The van der Waals surface area contributed by atoms with E-state index in [0.717, 1.165) is 17.0 Å². The predicted octanol–water partition coefficient (Wildman–Crippen LogP) is 3.21. The Morgan fingerprint density at radius 1 is 1.21 bits per heavy atom. The van der Waals surface area contributed by atoms with Gasteiger partial charge in [0.25, 0.3) is 0 Å². The van der Waals surface area contributed by atoms with Gasteiger partial charge >= 0.3 is 23.9 Å². The van der Waals surface area contributed by atoms with E-state index in [2.05, 4.69) is 4.98 Å². The van der Waals surface area contributed by atoms with Crippen LogP contribution in [0.15, 0.2) is 41.2 Å². The van der Waals surface area contributed by atoms with Gasteiger partial charge in [0.15, 0.2) is 5.92 Å². The van der Waals surface area contributed by atoms with Gasteiger partial charge in [-0.2, -0.15) is 13.2 Å². The van der Waals surface area contributed by atoms with Gasteiger partial charge in [0.1, 0.15) is 0 Å². The van der Waals surface area contributed by atoms with E-state index in [1.54, 1.807) is 0 Å². The lowest BCUT2D eigenvalue weighted by Crippen LogP contribution is -2.58. The molecule has 0 spiro atoms. The van der Waals surface area contributed by atoms with Crippen LogP contribution in [0.5, 0.6) is 0 Å². The van der Waals surface area contributed by atoms with Crippen molar-refractivity contribution in [3.05, 3.63) is 63.0 Å². The summed E-state index contributed by atoms with van der Waals surface area (Å²) < 4.78 is 41.0. The second-order valence-electron chi connectivity index (χ2n) is 7.68. The Hall–Kier alpha value is -3.80. The number of aliphatic carboxylic acids is 1. The molecule has 2 aromatic carbocycles. The standard InChI is InChI=1S/C21H16ClF3N4O5/c1-27-15-6-5-11(7-14(15)26-19(27)33)28-9-12(18(31)32)17(30)29(20(28)34)8-10-3-2-4-13(16(10)22)21(23,24)25/h2-7,12H,8-9H2,1H3,(H,26,33)(H,31,32). The van der Waals surface area contributed by atoms with Gasteiger partial charge in [0.05, 0.1) is 28.2 Å². The number of anilines is 1. The van der Waals surface area contributed by atoms with Crippen molar-refractivity contribution in [2.75, 3.05) is 11.4 Å². The van der Waals surface area contributed by atoms with Crippen molar-refractivity contribution in [2.45, 2.75) is 12.7 Å². The Balaban J connectivity index is 1.75. The van der Waals surface area contributed by atoms with Crippen molar-refractivity contribution in [2.24, 2.45) is 13.0 Å². The summed E-state index contributed by atoms with van der Waals surface area (Å²) in [6.07, 6.45) is -4.76. The lowest BCUT2D eigenvalue weighted by atomic mass is 10.0. The van der Waals surface area contributed by atoms with E-state index in [9.17, 15) is 37.5 Å². The number of hydrogen-bond acceptors (Lipinski definition) is 4. The average molecular weight is 497 g/mol. The van der Waals surface area contributed by atoms with Crippen molar-refractivity contribution in [1.82, 2.24) is 14.5 Å². The van der Waals surface area contributed by atoms with E-state index >= 15 is 0 Å². The second kappa shape index (κ2) is 8.20. The number of carbonyl (C=O) groups excluding carboxylic acids is 2. The van der Waals surface area contributed by atoms with Gasteiger partial charge in [0, 0.05) is 19.3 Å². The molecule has 4 rings (SSSR count). The van der Waals surface area contributed by atoms with Gasteiger partial charge in [0.2, 0.25) is 5.91 Å². The van der Waals surface area contributed by atoms with Crippen molar-refractivity contribution in [1.29, 1.82) is 0 Å². The van der Waals surface area contributed by atoms with E-state index in [-0.39, 0.29) is 11.3 Å². The topological polar surface area (TPSA) is 116 Å². The van der Waals surface area contributed by atoms with E-state index in [4.69, 9.17) is 11.6 Å². The van der Waals surface area contributed by atoms with E-state index in [1.807, 2.05) is 0 Å². The number of alkyl halides is 3. The van der Waals surface area contributed by atoms with Gasteiger partial charge in [-0.1, -0.05) is 23.7 Å². The number of fused-ring (bicyclic) bond motifs is 1. The van der Waals surface area contributed by atoms with Crippen LogP contribution in [-0.4, -0.2) is 44.0 Å². The highest BCUT2D eigenvalue weighted by Crippen LogP contribution is 2.37. The molecular formula is C21H16ClF3N4O5. The molecule has 9 nitrogen and oxygen atoms in total. The third-order valence-corrected chi connectivity index (χ3v) is 6.05. The number of carboxylic acids is 1. The summed E-state index contributed by atoms with van der Waals surface area (Å²) in [5, 5.41) is 8.86. The lowest BCUT2D eigenvalue weighted by Gasteiger charge is -2.37. The number of carbonyl (C=O) groups is 3. The zero-order valence-corrected chi connectivity index (χ0v) is 18.1. The zero-order chi connectivity index (χ0) is 24.9. The molecule has 1 fully saturated rings. The van der Waals surface area contributed by atoms with Crippen molar-refractivity contribution in [3.8, 4) is 0 Å². The second-order valence-corrected chi connectivity index (χ2v) is 8.05. The molecule has 1 aromatic heterocycles. The number of rotatable bonds is 4. The van der Waals surface area contributed by atoms with Gasteiger partial charge in [-0.3, -0.25) is 24.0 Å². The first-order valence-electron chi connectivity index (χ1n) is 9.79. The average Bonchev–Trinajstić information content (AvgIpc) is 3.04. The fraction of sp³-hybridized carbons (Fsp3) is 0.238. The first kappa shape index (κ1) is 23.4. The van der Waals surface area contributed by atoms with Crippen LogP contribution in [0, 0.1) is 5.92 Å². The van der Waals surface area contributed by atoms with Crippen LogP contribution >= 0.6 is 11.6 Å². The smallest absolute Gasteiger partial charge is 0.417 e. The third kappa shape index (κ3) is 3.89. The minimum Gasteiger partial charge on any atom is -0.481 e. The summed E-state index contributed by atoms with van der Waals surface area (Å²) >= 11 is 5.91. The maximum atomic E-state index is 13.2. The summed E-state index contributed by atoms with van der Waals surface area (Å²) in [4.78, 5) is 53.8. The number of amides is 3. The monoisotopic (exact) mass is 496 g/mol. The van der Waals surface area contributed by atoms with E-state index in [1.165, 1.54) is 35.9 Å². The highest BCUT2D eigenvalue weighted by Gasteiger charge is 2.44. The minimum absolute atomic E-state index is 0.174. The Morgan fingerprint density at radius 3 is 2.56 bits per heavy atom. The van der Waals surface area contributed by atoms with Crippen LogP contribution in [0.1, 0.15) is 11.1 Å². The van der Waals surface area contributed by atoms with Gasteiger partial charge < -0.3 is 10.1 Å². The van der Waals surface area contributed by atoms with Gasteiger partial charge in [-0.05, 0) is 29.8 Å². The quantitative estimate of drug-likeness (QED) is 0.538. The fourth-order valence-corrected chi connectivity index (χ4v) is 4.09. The number of carboxylic acid groups (broad SMARTS) is 1. The minimum atomic E-state index is -4.76. The summed E-state index contributed by atoms with van der Waals surface area (Å²) in [7, 11) is 1.53. The first-order valence-corrected chi connectivity index (χ1v) is 10.2. The molecule has 0 bridgehead atoms. The zero-order valence-electron chi connectivity index (χ0n) is 17.4. The van der Waals surface area contributed by atoms with E-state index in [0.29, 0.717) is 15.9 Å². The molecule has 0 saturated carbocycles. The van der Waals surface area contributed by atoms with Crippen LogP contribution in [0.2, 0.25) is 5.02 Å². The molecule has 1 saturated heterocycles. The fourth-order valence-electron chi connectivity index (χ4n) is 3.80. The molecule has 2 N–H and O–H groups in total. The summed E-state index contributed by atoms with van der Waals surface area (Å²) in [5.41, 5.74) is -0.638. The Labute approximate surface area is 193 Å². The summed E-state index contributed by atoms with van der Waals surface area (Å²) in [5.74, 6) is -4.24. The highest BCUT2D eigenvalue weighted by atomic mass is 35.5. The molecule has 1 unspecified atom stereocenters. The molecule has 3 amide bonds. The van der Waals surface area contributed by atoms with Crippen molar-refractivity contribution < 1.29 is 32.7 Å². The molecule has 2 heterocycles. The van der Waals surface area contributed by atoms with Crippen molar-refractivity contribution in [3.63, 3.8) is 0 Å². The molecule has 1 atom stereocenters. The van der Waals surface area contributed by atoms with Crippen LogP contribution in [0.3, 0.4) is 0 Å². The molecule has 1 aliphatic rings. The first-order chi connectivity index (χ1) is 15.9. The molecule has 178 valence electrons. The van der Waals surface area contributed by atoms with Crippen LogP contribution < -0.4 is 10.6 Å². The molecule has 1 aliphatic heterocycles. The number of halogens is 4. The molecular weight excluding hydrogens is 481 g/mol. The summed E-state index contributed by atoms with van der Waals surface area (Å²) in [6, 6.07) is 6.57. The molecule has 0 radical (unpaired) electrons. The highest BCUT2D eigenvalue weighted by molar-refractivity contribution is 6.32. The molecule has 0 aliphatic carbocycles.